The van der Waals surface area contributed by atoms with Crippen molar-refractivity contribution in [2.75, 3.05) is 0 Å². The number of hydrogen-bond acceptors (Lipinski definition) is 3. The Bertz CT molecular complexity index is 626. The minimum atomic E-state index is -4.61. The summed E-state index contributed by atoms with van der Waals surface area (Å²) in [5, 5.41) is 0. The summed E-state index contributed by atoms with van der Waals surface area (Å²) >= 11 is 0. The van der Waals surface area contributed by atoms with E-state index in [9.17, 15) is 18.0 Å². The van der Waals surface area contributed by atoms with Gasteiger partial charge in [-0.1, -0.05) is 12.1 Å². The highest BCUT2D eigenvalue weighted by atomic mass is 19.4. The summed E-state index contributed by atoms with van der Waals surface area (Å²) in [5.41, 5.74) is 0.0386. The van der Waals surface area contributed by atoms with Crippen LogP contribution in [0.25, 0.3) is 0 Å². The Morgan fingerprint density at radius 2 is 1.76 bits per heavy atom. The predicted octanol–water partition coefficient (Wildman–Crippen LogP) is 3.97. The van der Waals surface area contributed by atoms with Gasteiger partial charge in [-0.25, -0.2) is 0 Å². The first-order valence-corrected chi connectivity index (χ1v) is 6.13. The van der Waals surface area contributed by atoms with Gasteiger partial charge in [-0.3, -0.25) is 9.78 Å². The highest BCUT2D eigenvalue weighted by molar-refractivity contribution is 5.96. The molecule has 0 amide bonds. The molecule has 0 N–H and O–H groups in total. The van der Waals surface area contributed by atoms with Gasteiger partial charge in [-0.2, -0.15) is 13.2 Å². The third kappa shape index (κ3) is 3.59. The van der Waals surface area contributed by atoms with E-state index in [1.54, 1.807) is 6.07 Å². The lowest BCUT2D eigenvalue weighted by Crippen LogP contribution is -2.26. The van der Waals surface area contributed by atoms with Crippen LogP contribution in [0.15, 0.2) is 48.8 Å². The van der Waals surface area contributed by atoms with Gasteiger partial charge < -0.3 is 4.74 Å². The number of benzene rings is 1. The van der Waals surface area contributed by atoms with Crippen molar-refractivity contribution in [2.45, 2.75) is 19.2 Å². The largest absolute Gasteiger partial charge is 0.475 e. The number of halogens is 3. The SMILES string of the molecule is CC(=O)c1ccccc1OC(c1ccncc1)C(F)(F)F. The number of carbonyl (C=O) groups is 1. The van der Waals surface area contributed by atoms with E-state index < -0.39 is 12.3 Å². The van der Waals surface area contributed by atoms with Crippen molar-refractivity contribution in [3.05, 3.63) is 59.9 Å². The highest BCUT2D eigenvalue weighted by Crippen LogP contribution is 2.37. The van der Waals surface area contributed by atoms with E-state index in [1.807, 2.05) is 0 Å². The fourth-order valence-corrected chi connectivity index (χ4v) is 1.85. The minimum Gasteiger partial charge on any atom is -0.475 e. The van der Waals surface area contributed by atoms with E-state index in [0.717, 1.165) is 0 Å². The molecule has 0 saturated carbocycles. The van der Waals surface area contributed by atoms with E-state index in [2.05, 4.69) is 4.98 Å². The molecule has 0 saturated heterocycles. The molecule has 0 aliphatic carbocycles. The molecule has 2 aromatic rings. The summed E-state index contributed by atoms with van der Waals surface area (Å²) in [6.07, 6.45) is -4.24. The van der Waals surface area contributed by atoms with Crippen LogP contribution in [0.2, 0.25) is 0 Å². The maximum Gasteiger partial charge on any atom is 0.429 e. The zero-order valence-corrected chi connectivity index (χ0v) is 11.1. The first-order valence-electron chi connectivity index (χ1n) is 6.13. The molecule has 110 valence electrons. The second-order valence-electron chi connectivity index (χ2n) is 4.37. The van der Waals surface area contributed by atoms with Crippen molar-refractivity contribution in [3.63, 3.8) is 0 Å². The molecule has 0 aliphatic heterocycles. The Morgan fingerprint density at radius 1 is 1.14 bits per heavy atom. The number of para-hydroxylation sites is 1. The van der Waals surface area contributed by atoms with Crippen LogP contribution in [-0.2, 0) is 0 Å². The van der Waals surface area contributed by atoms with Crippen LogP contribution in [-0.4, -0.2) is 16.9 Å². The van der Waals surface area contributed by atoms with Crippen molar-refractivity contribution >= 4 is 5.78 Å². The average Bonchev–Trinajstić information content (AvgIpc) is 2.44. The normalized spacial score (nSPS) is 12.8. The molecule has 1 aromatic heterocycles. The van der Waals surface area contributed by atoms with Crippen molar-refractivity contribution in [2.24, 2.45) is 0 Å². The quantitative estimate of drug-likeness (QED) is 0.801. The molecule has 21 heavy (non-hydrogen) atoms. The molecule has 3 nitrogen and oxygen atoms in total. The molecule has 0 spiro atoms. The van der Waals surface area contributed by atoms with Crippen LogP contribution in [0.5, 0.6) is 5.75 Å². The lowest BCUT2D eigenvalue weighted by molar-refractivity contribution is -0.198. The van der Waals surface area contributed by atoms with Gasteiger partial charge in [-0.05, 0) is 31.2 Å². The zero-order chi connectivity index (χ0) is 15.5. The predicted molar refractivity (Wildman–Crippen MR) is 70.1 cm³/mol. The van der Waals surface area contributed by atoms with Gasteiger partial charge in [0.15, 0.2) is 5.78 Å². The highest BCUT2D eigenvalue weighted by Gasteiger charge is 2.43. The number of ketones is 1. The molecule has 0 radical (unpaired) electrons. The number of hydrogen-bond donors (Lipinski definition) is 0. The summed E-state index contributed by atoms with van der Waals surface area (Å²) in [5.74, 6) is -0.453. The Kier molecular flexibility index (Phi) is 4.26. The third-order valence-corrected chi connectivity index (χ3v) is 2.82. The number of Topliss-reactive ketones (excluding diaryl/α,β-unsaturated/α-hetero) is 1. The lowest BCUT2D eigenvalue weighted by Gasteiger charge is -2.23. The molecular weight excluding hydrogens is 283 g/mol. The minimum absolute atomic E-state index is 0.0733. The van der Waals surface area contributed by atoms with Gasteiger partial charge >= 0.3 is 6.18 Å². The molecule has 0 fully saturated rings. The molecular formula is C15H12F3NO2. The average molecular weight is 295 g/mol. The van der Waals surface area contributed by atoms with E-state index in [0.29, 0.717) is 0 Å². The summed E-state index contributed by atoms with van der Waals surface area (Å²) in [4.78, 5) is 15.1. The number of nitrogens with zero attached hydrogens (tertiary/aromatic N) is 1. The number of aromatic nitrogens is 1. The Balaban J connectivity index is 2.40. The Hall–Kier alpha value is -2.37. The standard InChI is InChI=1S/C15H12F3NO2/c1-10(20)12-4-2-3-5-13(12)21-14(15(16,17)18)11-6-8-19-9-7-11/h2-9,14H,1H3. The van der Waals surface area contributed by atoms with Crippen molar-refractivity contribution in [1.82, 2.24) is 4.98 Å². The van der Waals surface area contributed by atoms with Crippen molar-refractivity contribution in [1.29, 1.82) is 0 Å². The van der Waals surface area contributed by atoms with E-state index >= 15 is 0 Å². The molecule has 1 aromatic carbocycles. The molecule has 0 bridgehead atoms. The molecule has 1 heterocycles. The molecule has 0 aliphatic rings. The van der Waals surface area contributed by atoms with Gasteiger partial charge in [-0.15, -0.1) is 0 Å². The monoisotopic (exact) mass is 295 g/mol. The molecule has 1 atom stereocenters. The van der Waals surface area contributed by atoms with Gasteiger partial charge in [0.25, 0.3) is 0 Å². The van der Waals surface area contributed by atoms with Crippen LogP contribution in [0.3, 0.4) is 0 Å². The van der Waals surface area contributed by atoms with Gasteiger partial charge in [0.2, 0.25) is 6.10 Å². The first-order chi connectivity index (χ1) is 9.89. The Labute approximate surface area is 119 Å². The lowest BCUT2D eigenvalue weighted by atomic mass is 10.1. The van der Waals surface area contributed by atoms with Crippen LogP contribution in [0, 0.1) is 0 Å². The number of carbonyl (C=O) groups excluding carboxylic acids is 1. The molecule has 1 unspecified atom stereocenters. The second kappa shape index (κ2) is 5.95. The number of rotatable bonds is 4. The number of ether oxygens (including phenoxy) is 1. The third-order valence-electron chi connectivity index (χ3n) is 2.82. The number of pyridine rings is 1. The Morgan fingerprint density at radius 3 is 2.33 bits per heavy atom. The maximum absolute atomic E-state index is 13.2. The zero-order valence-electron chi connectivity index (χ0n) is 11.1. The first kappa shape index (κ1) is 15.0. The summed E-state index contributed by atoms with van der Waals surface area (Å²) < 4.78 is 44.7. The molecule has 6 heteroatoms. The summed E-state index contributed by atoms with van der Waals surface area (Å²) in [6, 6.07) is 8.32. The van der Waals surface area contributed by atoms with Gasteiger partial charge in [0, 0.05) is 18.0 Å². The van der Waals surface area contributed by atoms with E-state index in [4.69, 9.17) is 4.74 Å². The molecule has 2 rings (SSSR count). The van der Waals surface area contributed by atoms with Gasteiger partial charge in [0.1, 0.15) is 5.75 Å². The second-order valence-corrected chi connectivity index (χ2v) is 4.37. The van der Waals surface area contributed by atoms with E-state index in [1.165, 1.54) is 49.6 Å². The van der Waals surface area contributed by atoms with Crippen LogP contribution >= 0.6 is 0 Å². The van der Waals surface area contributed by atoms with Crippen molar-refractivity contribution < 1.29 is 22.7 Å². The van der Waals surface area contributed by atoms with Crippen LogP contribution in [0.1, 0.15) is 28.9 Å². The van der Waals surface area contributed by atoms with E-state index in [-0.39, 0.29) is 22.7 Å². The fourth-order valence-electron chi connectivity index (χ4n) is 1.85. The summed E-state index contributed by atoms with van der Waals surface area (Å²) in [6.45, 7) is 1.28. The number of alkyl halides is 3. The van der Waals surface area contributed by atoms with Crippen molar-refractivity contribution in [3.8, 4) is 5.75 Å². The maximum atomic E-state index is 13.2. The fraction of sp³-hybridized carbons (Fsp3) is 0.200. The van der Waals surface area contributed by atoms with Gasteiger partial charge in [0.05, 0.1) is 5.56 Å². The van der Waals surface area contributed by atoms with Crippen LogP contribution in [0.4, 0.5) is 13.2 Å². The topological polar surface area (TPSA) is 39.2 Å². The smallest absolute Gasteiger partial charge is 0.429 e. The van der Waals surface area contributed by atoms with Crippen LogP contribution < -0.4 is 4.74 Å². The summed E-state index contributed by atoms with van der Waals surface area (Å²) in [7, 11) is 0.